The van der Waals surface area contributed by atoms with Crippen LogP contribution in [0.4, 0.5) is 4.39 Å². The Kier molecular flexibility index (Phi) is 6.39. The Balaban J connectivity index is 1.62. The Morgan fingerprint density at radius 1 is 1.19 bits per heavy atom. The van der Waals surface area contributed by atoms with Crippen LogP contribution in [0.3, 0.4) is 0 Å². The molecule has 6 nitrogen and oxygen atoms in total. The van der Waals surface area contributed by atoms with Gasteiger partial charge in [-0.05, 0) is 54.4 Å². The first-order valence-corrected chi connectivity index (χ1v) is 10.8. The smallest absolute Gasteiger partial charge is 0.287 e. The molecule has 9 heteroatoms. The standard InChI is InChI=1S/C22H18ClFN4O2S/c1-14-4-7-16(23)11-18(14)28-20(12-25-21(29)19-3-2-10-30-19)26-27-22(28)31-13-15-5-8-17(24)9-6-15/h2-11H,12-13H2,1H3,(H,25,29). The van der Waals surface area contributed by atoms with Crippen LogP contribution in [-0.4, -0.2) is 20.7 Å². The minimum atomic E-state index is -0.345. The van der Waals surface area contributed by atoms with Gasteiger partial charge >= 0.3 is 0 Å². The molecule has 2 aromatic carbocycles. The van der Waals surface area contributed by atoms with Crippen LogP contribution in [0.15, 0.2) is 70.4 Å². The minimum absolute atomic E-state index is 0.148. The zero-order valence-corrected chi connectivity index (χ0v) is 18.1. The Bertz CT molecular complexity index is 1190. The highest BCUT2D eigenvalue weighted by Gasteiger charge is 2.18. The van der Waals surface area contributed by atoms with Crippen molar-refractivity contribution in [3.05, 3.63) is 94.4 Å². The molecular formula is C22H18ClFN4O2S. The van der Waals surface area contributed by atoms with E-state index in [1.807, 2.05) is 29.7 Å². The second-order valence-corrected chi connectivity index (χ2v) is 8.12. The van der Waals surface area contributed by atoms with Crippen LogP contribution < -0.4 is 5.32 Å². The summed E-state index contributed by atoms with van der Waals surface area (Å²) in [5, 5.41) is 12.6. The Morgan fingerprint density at radius 2 is 2.00 bits per heavy atom. The monoisotopic (exact) mass is 456 g/mol. The molecule has 1 N–H and O–H groups in total. The van der Waals surface area contributed by atoms with E-state index in [1.165, 1.54) is 30.2 Å². The van der Waals surface area contributed by atoms with Crippen LogP contribution in [0, 0.1) is 12.7 Å². The molecular weight excluding hydrogens is 439 g/mol. The van der Waals surface area contributed by atoms with Crippen molar-refractivity contribution in [2.24, 2.45) is 0 Å². The Hall–Kier alpha value is -3.10. The van der Waals surface area contributed by atoms with Gasteiger partial charge < -0.3 is 9.73 Å². The molecule has 0 saturated carbocycles. The average molecular weight is 457 g/mol. The largest absolute Gasteiger partial charge is 0.459 e. The van der Waals surface area contributed by atoms with E-state index in [1.54, 1.807) is 24.3 Å². The summed E-state index contributed by atoms with van der Waals surface area (Å²) in [6.45, 7) is 2.11. The van der Waals surface area contributed by atoms with Crippen LogP contribution in [-0.2, 0) is 12.3 Å². The van der Waals surface area contributed by atoms with Crippen molar-refractivity contribution >= 4 is 29.3 Å². The number of aryl methyl sites for hydroxylation is 1. The van der Waals surface area contributed by atoms with Gasteiger partial charge in [-0.25, -0.2) is 4.39 Å². The van der Waals surface area contributed by atoms with E-state index in [0.29, 0.717) is 21.8 Å². The minimum Gasteiger partial charge on any atom is -0.459 e. The third kappa shape index (κ3) is 4.98. The van der Waals surface area contributed by atoms with Gasteiger partial charge in [-0.1, -0.05) is 41.6 Å². The number of amides is 1. The number of carbonyl (C=O) groups is 1. The molecule has 1 amide bonds. The molecule has 0 saturated heterocycles. The lowest BCUT2D eigenvalue weighted by Crippen LogP contribution is -2.24. The zero-order chi connectivity index (χ0) is 21.8. The fraction of sp³-hybridized carbons (Fsp3) is 0.136. The molecule has 31 heavy (non-hydrogen) atoms. The van der Waals surface area contributed by atoms with Crippen molar-refractivity contribution in [1.82, 2.24) is 20.1 Å². The van der Waals surface area contributed by atoms with Crippen molar-refractivity contribution in [3.63, 3.8) is 0 Å². The molecule has 4 rings (SSSR count). The van der Waals surface area contributed by atoms with E-state index >= 15 is 0 Å². The first-order valence-electron chi connectivity index (χ1n) is 9.41. The molecule has 2 aromatic heterocycles. The molecule has 0 unspecified atom stereocenters. The fourth-order valence-electron chi connectivity index (χ4n) is 2.96. The maximum Gasteiger partial charge on any atom is 0.287 e. The first kappa shape index (κ1) is 21.1. The molecule has 0 atom stereocenters. The first-order chi connectivity index (χ1) is 15.0. The summed E-state index contributed by atoms with van der Waals surface area (Å²) in [6, 6.07) is 15.1. The third-order valence-corrected chi connectivity index (χ3v) is 5.78. The highest BCUT2D eigenvalue weighted by molar-refractivity contribution is 7.98. The summed E-state index contributed by atoms with van der Waals surface area (Å²) in [5.41, 5.74) is 2.75. The number of aromatic nitrogens is 3. The van der Waals surface area contributed by atoms with Gasteiger partial charge in [0, 0.05) is 10.8 Å². The number of nitrogens with one attached hydrogen (secondary N) is 1. The van der Waals surface area contributed by atoms with Gasteiger partial charge in [-0.2, -0.15) is 0 Å². The van der Waals surface area contributed by atoms with Crippen LogP contribution in [0.1, 0.15) is 27.5 Å². The average Bonchev–Trinajstić information content (AvgIpc) is 3.44. The summed E-state index contributed by atoms with van der Waals surface area (Å²) in [6.07, 6.45) is 1.44. The van der Waals surface area contributed by atoms with Gasteiger partial charge in [0.2, 0.25) is 0 Å². The second kappa shape index (κ2) is 9.36. The van der Waals surface area contributed by atoms with E-state index in [9.17, 15) is 9.18 Å². The predicted octanol–water partition coefficient (Wildman–Crippen LogP) is 5.18. The third-order valence-electron chi connectivity index (χ3n) is 4.55. The van der Waals surface area contributed by atoms with Gasteiger partial charge in [0.25, 0.3) is 5.91 Å². The maximum absolute atomic E-state index is 13.2. The summed E-state index contributed by atoms with van der Waals surface area (Å²) in [5.74, 6) is 0.725. The molecule has 158 valence electrons. The SMILES string of the molecule is Cc1ccc(Cl)cc1-n1c(CNC(=O)c2ccco2)nnc1SCc1ccc(F)cc1. The lowest BCUT2D eigenvalue weighted by Gasteiger charge is -2.13. The van der Waals surface area contributed by atoms with Crippen LogP contribution in [0.25, 0.3) is 5.69 Å². The van der Waals surface area contributed by atoms with Crippen molar-refractivity contribution in [3.8, 4) is 5.69 Å². The number of thioether (sulfide) groups is 1. The number of carbonyl (C=O) groups excluding carboxylic acids is 1. The molecule has 0 aliphatic carbocycles. The number of nitrogens with zero attached hydrogens (tertiary/aromatic N) is 3. The van der Waals surface area contributed by atoms with Crippen LogP contribution in [0.5, 0.6) is 0 Å². The van der Waals surface area contributed by atoms with Gasteiger partial charge in [0.1, 0.15) is 5.82 Å². The number of hydrogen-bond acceptors (Lipinski definition) is 5. The fourth-order valence-corrected chi connectivity index (χ4v) is 4.04. The van der Waals surface area contributed by atoms with E-state index in [4.69, 9.17) is 16.0 Å². The molecule has 2 heterocycles. The van der Waals surface area contributed by atoms with Crippen molar-refractivity contribution in [2.75, 3.05) is 0 Å². The highest BCUT2D eigenvalue weighted by Crippen LogP contribution is 2.28. The summed E-state index contributed by atoms with van der Waals surface area (Å²) >= 11 is 7.70. The molecule has 4 aromatic rings. The maximum atomic E-state index is 13.2. The van der Waals surface area contributed by atoms with Crippen molar-refractivity contribution < 1.29 is 13.6 Å². The van der Waals surface area contributed by atoms with Crippen LogP contribution >= 0.6 is 23.4 Å². The lowest BCUT2D eigenvalue weighted by atomic mass is 10.2. The van der Waals surface area contributed by atoms with E-state index in [2.05, 4.69) is 15.5 Å². The number of rotatable bonds is 7. The van der Waals surface area contributed by atoms with Crippen LogP contribution in [0.2, 0.25) is 5.02 Å². The predicted molar refractivity (Wildman–Crippen MR) is 117 cm³/mol. The number of furan rings is 1. The van der Waals surface area contributed by atoms with Gasteiger partial charge in [0.05, 0.1) is 18.5 Å². The molecule has 0 aliphatic heterocycles. The molecule has 0 radical (unpaired) electrons. The molecule has 0 spiro atoms. The normalized spacial score (nSPS) is 10.9. The van der Waals surface area contributed by atoms with Gasteiger partial charge in [-0.15, -0.1) is 10.2 Å². The Morgan fingerprint density at radius 3 is 2.74 bits per heavy atom. The molecule has 0 aliphatic rings. The molecule has 0 bridgehead atoms. The lowest BCUT2D eigenvalue weighted by molar-refractivity contribution is 0.0922. The van der Waals surface area contributed by atoms with Gasteiger partial charge in [-0.3, -0.25) is 9.36 Å². The van der Waals surface area contributed by atoms with Crippen molar-refractivity contribution in [2.45, 2.75) is 24.4 Å². The summed E-state index contributed by atoms with van der Waals surface area (Å²) < 4.78 is 20.2. The number of benzene rings is 2. The number of halogens is 2. The summed E-state index contributed by atoms with van der Waals surface area (Å²) in [4.78, 5) is 12.3. The quantitative estimate of drug-likeness (QED) is 0.388. The van der Waals surface area contributed by atoms with Crippen molar-refractivity contribution in [1.29, 1.82) is 0 Å². The number of hydrogen-bond donors (Lipinski definition) is 1. The van der Waals surface area contributed by atoms with E-state index < -0.39 is 0 Å². The summed E-state index contributed by atoms with van der Waals surface area (Å²) in [7, 11) is 0. The highest BCUT2D eigenvalue weighted by atomic mass is 35.5. The molecule has 0 fully saturated rings. The van der Waals surface area contributed by atoms with E-state index in [-0.39, 0.29) is 24.0 Å². The topological polar surface area (TPSA) is 73.0 Å². The van der Waals surface area contributed by atoms with E-state index in [0.717, 1.165) is 16.8 Å². The second-order valence-electron chi connectivity index (χ2n) is 6.74. The van der Waals surface area contributed by atoms with Gasteiger partial charge in [0.15, 0.2) is 16.7 Å². The zero-order valence-electron chi connectivity index (χ0n) is 16.5. The Labute approximate surface area is 187 Å².